The zero-order valence-corrected chi connectivity index (χ0v) is 21.7. The number of hydrogen-bond donors (Lipinski definition) is 3. The highest BCUT2D eigenvalue weighted by atomic mass is 16.6. The summed E-state index contributed by atoms with van der Waals surface area (Å²) in [5.41, 5.74) is 5.59. The fourth-order valence-electron chi connectivity index (χ4n) is 5.68. The standard InChI is InChI=1S/C30H38N2O6/c33-24(13-12-20-6-2-1-3-7-20)17-23(16-21-10-11-21)29(35)32(31-30(36)38-25-14-15-37-19-25)28-26-9-5-4-8-22(26)18-27(28)34/h1-9,21,23-25,27-28,33-34H,10-19H2,(H,31,36)/t23-,24+,25+,27-,28+/m1/s1. The summed E-state index contributed by atoms with van der Waals surface area (Å²) in [5, 5.41) is 23.3. The molecule has 204 valence electrons. The first-order valence-corrected chi connectivity index (χ1v) is 13.8. The van der Waals surface area contributed by atoms with Gasteiger partial charge < -0.3 is 19.7 Å². The minimum absolute atomic E-state index is 0.295. The van der Waals surface area contributed by atoms with E-state index in [1.807, 2.05) is 54.6 Å². The predicted molar refractivity (Wildman–Crippen MR) is 141 cm³/mol. The number of rotatable bonds is 10. The molecule has 2 aliphatic carbocycles. The molecule has 2 amide bonds. The maximum atomic E-state index is 14.1. The number of amides is 2. The van der Waals surface area contributed by atoms with Gasteiger partial charge in [-0.1, -0.05) is 67.4 Å². The van der Waals surface area contributed by atoms with Crippen LogP contribution in [0.5, 0.6) is 0 Å². The quantitative estimate of drug-likeness (QED) is 0.411. The first-order valence-electron chi connectivity index (χ1n) is 13.8. The topological polar surface area (TPSA) is 108 Å². The Morgan fingerprint density at radius 2 is 1.84 bits per heavy atom. The fourth-order valence-corrected chi connectivity index (χ4v) is 5.68. The molecule has 0 aromatic heterocycles. The lowest BCUT2D eigenvalue weighted by atomic mass is 9.91. The largest absolute Gasteiger partial charge is 0.442 e. The molecule has 1 saturated heterocycles. The second kappa shape index (κ2) is 12.3. The minimum atomic E-state index is -0.865. The summed E-state index contributed by atoms with van der Waals surface area (Å²) in [6.07, 6.45) is 2.72. The Morgan fingerprint density at radius 1 is 1.08 bits per heavy atom. The Labute approximate surface area is 223 Å². The number of carbonyl (C=O) groups excluding carboxylic acids is 2. The van der Waals surface area contributed by atoms with Crippen molar-refractivity contribution in [2.75, 3.05) is 13.2 Å². The predicted octanol–water partition coefficient (Wildman–Crippen LogP) is 3.70. The van der Waals surface area contributed by atoms with Crippen molar-refractivity contribution in [3.05, 3.63) is 71.3 Å². The molecule has 8 nitrogen and oxygen atoms in total. The van der Waals surface area contributed by atoms with Gasteiger partial charge in [-0.15, -0.1) is 0 Å². The molecule has 0 unspecified atom stereocenters. The Bertz CT molecular complexity index is 1090. The van der Waals surface area contributed by atoms with E-state index in [4.69, 9.17) is 9.47 Å². The van der Waals surface area contributed by atoms with Crippen molar-refractivity contribution < 1.29 is 29.3 Å². The molecule has 0 spiro atoms. The van der Waals surface area contributed by atoms with Crippen LogP contribution in [0.4, 0.5) is 4.79 Å². The summed E-state index contributed by atoms with van der Waals surface area (Å²) in [7, 11) is 0. The number of aliphatic hydroxyl groups excluding tert-OH is 2. The van der Waals surface area contributed by atoms with E-state index < -0.39 is 30.3 Å². The van der Waals surface area contributed by atoms with Gasteiger partial charge in [-0.2, -0.15) is 0 Å². The first-order chi connectivity index (χ1) is 18.5. The molecule has 0 bridgehead atoms. The van der Waals surface area contributed by atoms with Gasteiger partial charge in [0.2, 0.25) is 5.91 Å². The number of aryl methyl sites for hydroxylation is 1. The van der Waals surface area contributed by atoms with Gasteiger partial charge in [-0.3, -0.25) is 4.79 Å². The zero-order chi connectivity index (χ0) is 26.5. The van der Waals surface area contributed by atoms with Crippen LogP contribution in [0.25, 0.3) is 0 Å². The van der Waals surface area contributed by atoms with Crippen LogP contribution in [0.1, 0.15) is 61.3 Å². The number of ether oxygens (including phenoxy) is 2. The number of aliphatic hydroxyl groups is 2. The molecule has 2 aromatic carbocycles. The third kappa shape index (κ3) is 6.73. The van der Waals surface area contributed by atoms with Crippen LogP contribution >= 0.6 is 0 Å². The molecule has 0 radical (unpaired) electrons. The lowest BCUT2D eigenvalue weighted by molar-refractivity contribution is -0.146. The van der Waals surface area contributed by atoms with Crippen molar-refractivity contribution in [1.82, 2.24) is 10.4 Å². The highest BCUT2D eigenvalue weighted by Crippen LogP contribution is 2.40. The molecule has 3 aliphatic rings. The molecule has 5 atom stereocenters. The number of hydrazine groups is 1. The third-order valence-corrected chi connectivity index (χ3v) is 7.89. The molecule has 2 fully saturated rings. The molecule has 2 aromatic rings. The Balaban J connectivity index is 1.33. The summed E-state index contributed by atoms with van der Waals surface area (Å²) in [6, 6.07) is 16.9. The third-order valence-electron chi connectivity index (χ3n) is 7.89. The van der Waals surface area contributed by atoms with Gasteiger partial charge in [0.1, 0.15) is 12.1 Å². The average Bonchev–Trinajstić information content (AvgIpc) is 3.47. The van der Waals surface area contributed by atoms with Gasteiger partial charge in [-0.25, -0.2) is 15.2 Å². The minimum Gasteiger partial charge on any atom is -0.442 e. The summed E-state index contributed by atoms with van der Waals surface area (Å²) >= 11 is 0. The summed E-state index contributed by atoms with van der Waals surface area (Å²) in [6.45, 7) is 0.855. The van der Waals surface area contributed by atoms with E-state index in [2.05, 4.69) is 5.43 Å². The van der Waals surface area contributed by atoms with E-state index >= 15 is 0 Å². The van der Waals surface area contributed by atoms with Gasteiger partial charge in [0.25, 0.3) is 0 Å². The Morgan fingerprint density at radius 3 is 2.58 bits per heavy atom. The van der Waals surface area contributed by atoms with E-state index in [9.17, 15) is 19.8 Å². The zero-order valence-electron chi connectivity index (χ0n) is 21.7. The van der Waals surface area contributed by atoms with Crippen molar-refractivity contribution in [3.8, 4) is 0 Å². The van der Waals surface area contributed by atoms with Crippen LogP contribution in [-0.2, 0) is 27.1 Å². The van der Waals surface area contributed by atoms with Crippen molar-refractivity contribution in [3.63, 3.8) is 0 Å². The molecule has 1 heterocycles. The fraction of sp³-hybridized carbons (Fsp3) is 0.533. The summed E-state index contributed by atoms with van der Waals surface area (Å²) in [4.78, 5) is 27.1. The van der Waals surface area contributed by atoms with Crippen LogP contribution in [0, 0.1) is 11.8 Å². The number of hydrogen-bond acceptors (Lipinski definition) is 6. The second-order valence-corrected chi connectivity index (χ2v) is 10.9. The van der Waals surface area contributed by atoms with Gasteiger partial charge in [0.05, 0.1) is 25.4 Å². The van der Waals surface area contributed by atoms with Crippen LogP contribution in [0.3, 0.4) is 0 Å². The lowest BCUT2D eigenvalue weighted by Crippen LogP contribution is -2.53. The normalized spacial score (nSPS) is 23.9. The van der Waals surface area contributed by atoms with E-state index in [-0.39, 0.29) is 12.0 Å². The molecule has 38 heavy (non-hydrogen) atoms. The van der Waals surface area contributed by atoms with Gasteiger partial charge in [0, 0.05) is 18.8 Å². The lowest BCUT2D eigenvalue weighted by Gasteiger charge is -2.35. The highest BCUT2D eigenvalue weighted by Gasteiger charge is 2.42. The van der Waals surface area contributed by atoms with Crippen LogP contribution in [0.15, 0.2) is 54.6 Å². The maximum absolute atomic E-state index is 14.1. The van der Waals surface area contributed by atoms with Gasteiger partial charge in [-0.05, 0) is 48.3 Å². The average molecular weight is 523 g/mol. The van der Waals surface area contributed by atoms with E-state index in [0.29, 0.717) is 51.2 Å². The van der Waals surface area contributed by atoms with Gasteiger partial charge in [0.15, 0.2) is 0 Å². The van der Waals surface area contributed by atoms with Crippen LogP contribution < -0.4 is 5.43 Å². The van der Waals surface area contributed by atoms with Crippen LogP contribution in [-0.4, -0.2) is 58.7 Å². The monoisotopic (exact) mass is 522 g/mol. The Hall–Kier alpha value is -2.94. The molecule has 8 heteroatoms. The second-order valence-electron chi connectivity index (χ2n) is 10.9. The summed E-state index contributed by atoms with van der Waals surface area (Å²) < 4.78 is 10.8. The van der Waals surface area contributed by atoms with Crippen molar-refractivity contribution in [1.29, 1.82) is 0 Å². The SMILES string of the molecule is O=C(NN(C(=O)[C@H](CC1CC1)C[C@@H](O)CCc1ccccc1)[C@H]1c2ccccc2C[C@H]1O)O[C@H]1CCOC1. The number of benzene rings is 2. The number of nitrogens with one attached hydrogen (secondary N) is 1. The molecule has 3 N–H and O–H groups in total. The van der Waals surface area contributed by atoms with Gasteiger partial charge >= 0.3 is 6.09 Å². The Kier molecular flexibility index (Phi) is 8.61. The van der Waals surface area contributed by atoms with E-state index in [1.165, 1.54) is 5.01 Å². The van der Waals surface area contributed by atoms with Crippen molar-refractivity contribution in [2.45, 2.75) is 75.7 Å². The molecular weight excluding hydrogens is 484 g/mol. The number of fused-ring (bicyclic) bond motifs is 1. The van der Waals surface area contributed by atoms with Crippen molar-refractivity contribution in [2.24, 2.45) is 11.8 Å². The maximum Gasteiger partial charge on any atom is 0.426 e. The highest BCUT2D eigenvalue weighted by molar-refractivity contribution is 5.82. The smallest absolute Gasteiger partial charge is 0.426 e. The number of carbonyl (C=O) groups is 2. The number of nitrogens with zero attached hydrogens (tertiary/aromatic N) is 1. The summed E-state index contributed by atoms with van der Waals surface area (Å²) in [5.74, 6) is -0.338. The molecule has 5 rings (SSSR count). The van der Waals surface area contributed by atoms with Crippen molar-refractivity contribution >= 4 is 12.0 Å². The van der Waals surface area contributed by atoms with E-state index in [0.717, 1.165) is 36.0 Å². The van der Waals surface area contributed by atoms with E-state index in [1.54, 1.807) is 0 Å². The first kappa shape index (κ1) is 26.7. The van der Waals surface area contributed by atoms with Crippen LogP contribution in [0.2, 0.25) is 0 Å². The molecule has 1 saturated carbocycles. The molecule has 1 aliphatic heterocycles. The molecular formula is C30H38N2O6.